The van der Waals surface area contributed by atoms with Gasteiger partial charge in [0, 0.05) is 60.9 Å². The van der Waals surface area contributed by atoms with Crippen molar-refractivity contribution in [3.05, 3.63) is 72.1 Å². The van der Waals surface area contributed by atoms with Gasteiger partial charge >= 0.3 is 0 Å². The molecule has 1 aliphatic heterocycles. The lowest BCUT2D eigenvalue weighted by Gasteiger charge is -2.26. The lowest BCUT2D eigenvalue weighted by atomic mass is 10.0. The summed E-state index contributed by atoms with van der Waals surface area (Å²) in [5.74, 6) is 1.51. The largest absolute Gasteiger partial charge is 0.316 e. The van der Waals surface area contributed by atoms with Crippen LogP contribution in [0, 0.1) is 12.8 Å². The fourth-order valence-electron chi connectivity index (χ4n) is 4.02. The summed E-state index contributed by atoms with van der Waals surface area (Å²) in [5.41, 5.74) is 6.00. The summed E-state index contributed by atoms with van der Waals surface area (Å²) in [6.07, 6.45) is 6.62. The number of aryl methyl sites for hydroxylation is 1. The van der Waals surface area contributed by atoms with E-state index >= 15 is 0 Å². The number of benzene rings is 1. The van der Waals surface area contributed by atoms with E-state index < -0.39 is 0 Å². The Morgan fingerprint density at radius 1 is 1.03 bits per heavy atom. The topological polar surface area (TPSA) is 85.8 Å². The molecule has 4 aromatic heterocycles. The first-order chi connectivity index (χ1) is 15.2. The number of pyridine rings is 1. The molecule has 8 heteroatoms. The average molecular weight is 410 g/mol. The van der Waals surface area contributed by atoms with Crippen molar-refractivity contribution >= 4 is 16.6 Å². The Bertz CT molecular complexity index is 1400. The molecule has 0 aliphatic carbocycles. The molecule has 0 amide bonds. The molecule has 0 saturated carbocycles. The van der Waals surface area contributed by atoms with Crippen molar-refractivity contribution in [3.8, 4) is 11.1 Å². The molecule has 0 radical (unpaired) electrons. The van der Waals surface area contributed by atoms with Gasteiger partial charge in [0.25, 0.3) is 0 Å². The molecule has 5 heterocycles. The number of aromatic nitrogens is 7. The van der Waals surface area contributed by atoms with E-state index in [1.807, 2.05) is 40.6 Å². The van der Waals surface area contributed by atoms with Crippen molar-refractivity contribution in [3.63, 3.8) is 0 Å². The zero-order chi connectivity index (χ0) is 20.8. The fourth-order valence-corrected chi connectivity index (χ4v) is 4.02. The van der Waals surface area contributed by atoms with Crippen LogP contribution in [0.25, 0.3) is 27.7 Å². The number of nitrogens with one attached hydrogen (secondary N) is 1. The highest BCUT2D eigenvalue weighted by atomic mass is 15.4. The smallest absolute Gasteiger partial charge is 0.177 e. The van der Waals surface area contributed by atoms with E-state index in [-0.39, 0.29) is 0 Å². The van der Waals surface area contributed by atoms with Gasteiger partial charge in [-0.1, -0.05) is 6.07 Å². The molecule has 1 N–H and O–H groups in total. The monoisotopic (exact) mass is 410 g/mol. The molecule has 0 bridgehead atoms. The van der Waals surface area contributed by atoms with Gasteiger partial charge in [0.15, 0.2) is 11.5 Å². The first-order valence-electron chi connectivity index (χ1n) is 10.5. The second kappa shape index (κ2) is 7.24. The third-order valence-electron chi connectivity index (χ3n) is 5.85. The Balaban J connectivity index is 1.30. The molecule has 0 spiro atoms. The molecule has 1 fully saturated rings. The molecule has 0 unspecified atom stereocenters. The second-order valence-electron chi connectivity index (χ2n) is 8.26. The molecule has 1 saturated heterocycles. The van der Waals surface area contributed by atoms with Gasteiger partial charge in [-0.25, -0.2) is 0 Å². The molecule has 154 valence electrons. The Labute approximate surface area is 179 Å². The number of fused-ring (bicyclic) bond motifs is 2. The van der Waals surface area contributed by atoms with Crippen molar-refractivity contribution in [2.24, 2.45) is 5.92 Å². The van der Waals surface area contributed by atoms with Gasteiger partial charge in [0.1, 0.15) is 0 Å². The maximum absolute atomic E-state index is 4.66. The molecular formula is C23H22N8. The third kappa shape index (κ3) is 3.44. The van der Waals surface area contributed by atoms with Crippen molar-refractivity contribution in [1.29, 1.82) is 0 Å². The first kappa shape index (κ1) is 18.1. The van der Waals surface area contributed by atoms with Gasteiger partial charge in [0.05, 0.1) is 17.4 Å². The summed E-state index contributed by atoms with van der Waals surface area (Å²) in [4.78, 5) is 4.66. The standard InChI is InChI=1S/C23H22N8/c1-15-2-5-22-27-28-23(31(22)29-15)7-16-3-4-21-18(6-16)8-19(11-25-21)20-12-26-30(14-20)13-17-9-24-10-17/h2-6,8,11-12,14,17,24H,7,9-10,13H2,1H3. The molecule has 1 aromatic carbocycles. The number of rotatable bonds is 5. The van der Waals surface area contributed by atoms with Gasteiger partial charge < -0.3 is 5.32 Å². The van der Waals surface area contributed by atoms with Crippen LogP contribution in [0.1, 0.15) is 17.1 Å². The maximum Gasteiger partial charge on any atom is 0.177 e. The van der Waals surface area contributed by atoms with Crippen LogP contribution < -0.4 is 5.32 Å². The van der Waals surface area contributed by atoms with E-state index in [0.29, 0.717) is 12.3 Å². The van der Waals surface area contributed by atoms with Gasteiger partial charge in [0.2, 0.25) is 0 Å². The summed E-state index contributed by atoms with van der Waals surface area (Å²) in [6.45, 7) is 5.08. The van der Waals surface area contributed by atoms with Crippen molar-refractivity contribution in [1.82, 2.24) is 39.9 Å². The number of hydrogen-bond donors (Lipinski definition) is 1. The first-order valence-corrected chi connectivity index (χ1v) is 10.5. The summed E-state index contributed by atoms with van der Waals surface area (Å²) in [6, 6.07) is 12.4. The highest BCUT2D eigenvalue weighted by Crippen LogP contribution is 2.24. The summed E-state index contributed by atoms with van der Waals surface area (Å²) in [7, 11) is 0. The lowest BCUT2D eigenvalue weighted by molar-refractivity contribution is 0.295. The quantitative estimate of drug-likeness (QED) is 0.479. The van der Waals surface area contributed by atoms with Crippen LogP contribution in [-0.2, 0) is 13.0 Å². The highest BCUT2D eigenvalue weighted by Gasteiger charge is 2.17. The molecular weight excluding hydrogens is 388 g/mol. The van der Waals surface area contributed by atoms with Gasteiger partial charge in [-0.3, -0.25) is 9.67 Å². The van der Waals surface area contributed by atoms with Crippen LogP contribution in [0.2, 0.25) is 0 Å². The van der Waals surface area contributed by atoms with Crippen LogP contribution in [0.3, 0.4) is 0 Å². The third-order valence-corrected chi connectivity index (χ3v) is 5.85. The summed E-state index contributed by atoms with van der Waals surface area (Å²) in [5, 5.41) is 22.1. The molecule has 31 heavy (non-hydrogen) atoms. The average Bonchev–Trinajstić information content (AvgIpc) is 3.37. The van der Waals surface area contributed by atoms with Crippen molar-refractivity contribution in [2.45, 2.75) is 19.9 Å². The minimum atomic E-state index is 0.658. The molecule has 6 rings (SSSR count). The zero-order valence-corrected chi connectivity index (χ0v) is 17.2. The Morgan fingerprint density at radius 3 is 2.84 bits per heavy atom. The predicted octanol–water partition coefficient (Wildman–Crippen LogP) is 2.65. The number of nitrogens with zero attached hydrogens (tertiary/aromatic N) is 7. The maximum atomic E-state index is 4.66. The Morgan fingerprint density at radius 2 is 1.97 bits per heavy atom. The van der Waals surface area contributed by atoms with Crippen LogP contribution in [0.5, 0.6) is 0 Å². The van der Waals surface area contributed by atoms with Crippen LogP contribution in [0.4, 0.5) is 0 Å². The van der Waals surface area contributed by atoms with Crippen molar-refractivity contribution in [2.75, 3.05) is 13.1 Å². The van der Waals surface area contributed by atoms with E-state index in [1.165, 1.54) is 0 Å². The van der Waals surface area contributed by atoms with Gasteiger partial charge in [-0.15, -0.1) is 10.2 Å². The predicted molar refractivity (Wildman–Crippen MR) is 118 cm³/mol. The van der Waals surface area contributed by atoms with E-state index in [1.54, 1.807) is 0 Å². The lowest BCUT2D eigenvalue weighted by Crippen LogP contribution is -2.44. The Hall–Kier alpha value is -3.65. The second-order valence-corrected chi connectivity index (χ2v) is 8.26. The minimum absolute atomic E-state index is 0.658. The van der Waals surface area contributed by atoms with E-state index in [2.05, 4.69) is 61.2 Å². The highest BCUT2D eigenvalue weighted by molar-refractivity contribution is 5.84. The molecule has 0 atom stereocenters. The fraction of sp³-hybridized carbons (Fsp3) is 0.261. The van der Waals surface area contributed by atoms with E-state index in [9.17, 15) is 0 Å². The van der Waals surface area contributed by atoms with E-state index in [0.717, 1.165) is 64.4 Å². The summed E-state index contributed by atoms with van der Waals surface area (Å²) < 4.78 is 3.85. The van der Waals surface area contributed by atoms with Crippen molar-refractivity contribution < 1.29 is 0 Å². The van der Waals surface area contributed by atoms with E-state index in [4.69, 9.17) is 0 Å². The zero-order valence-electron chi connectivity index (χ0n) is 17.2. The normalized spacial score (nSPS) is 14.4. The number of hydrogen-bond acceptors (Lipinski definition) is 6. The van der Waals surface area contributed by atoms with Crippen LogP contribution in [0.15, 0.2) is 55.0 Å². The molecule has 8 nitrogen and oxygen atoms in total. The summed E-state index contributed by atoms with van der Waals surface area (Å²) >= 11 is 0. The van der Waals surface area contributed by atoms with Gasteiger partial charge in [-0.2, -0.15) is 14.7 Å². The molecule has 1 aliphatic rings. The molecule has 5 aromatic rings. The van der Waals surface area contributed by atoms with Crippen LogP contribution in [-0.4, -0.2) is 47.7 Å². The minimum Gasteiger partial charge on any atom is -0.316 e. The SMILES string of the molecule is Cc1ccc2nnc(Cc3ccc4ncc(-c5cnn(CC6CNC6)c5)cc4c3)n2n1. The Kier molecular flexibility index (Phi) is 4.24. The van der Waals surface area contributed by atoms with Gasteiger partial charge in [-0.05, 0) is 42.8 Å². The van der Waals surface area contributed by atoms with Crippen LogP contribution >= 0.6 is 0 Å².